The number of carbonyl (C=O) groups is 1. The zero-order valence-corrected chi connectivity index (χ0v) is 13.0. The molecule has 0 aromatic heterocycles. The number of nitrogens with two attached hydrogens (primary N) is 1. The normalized spacial score (nSPS) is 12.3. The lowest BCUT2D eigenvalue weighted by Gasteiger charge is -2.20. The summed E-state index contributed by atoms with van der Waals surface area (Å²) in [6.07, 6.45) is 0. The predicted octanol–water partition coefficient (Wildman–Crippen LogP) is 2.31. The first-order valence-electron chi connectivity index (χ1n) is 7.18. The molecule has 4 nitrogen and oxygen atoms in total. The van der Waals surface area contributed by atoms with Crippen LogP contribution in [-0.4, -0.2) is 30.9 Å². The number of hydrogen-bond donors (Lipinski definition) is 2. The molecule has 1 unspecified atom stereocenters. The van der Waals surface area contributed by atoms with Gasteiger partial charge >= 0.3 is 0 Å². The summed E-state index contributed by atoms with van der Waals surface area (Å²) in [5.41, 5.74) is 7.99. The second-order valence-corrected chi connectivity index (χ2v) is 5.70. The van der Waals surface area contributed by atoms with E-state index in [9.17, 15) is 4.79 Å². The lowest BCUT2D eigenvalue weighted by molar-refractivity contribution is -0.128. The largest absolute Gasteiger partial charge is 0.385 e. The van der Waals surface area contributed by atoms with Gasteiger partial charge in [0.1, 0.15) is 0 Å². The van der Waals surface area contributed by atoms with Crippen LogP contribution in [0.1, 0.15) is 26.3 Å². The Hall–Kier alpha value is -1.55. The van der Waals surface area contributed by atoms with Crippen molar-refractivity contribution < 1.29 is 4.79 Å². The molecule has 0 aliphatic rings. The highest BCUT2D eigenvalue weighted by Crippen LogP contribution is 2.15. The number of benzene rings is 1. The summed E-state index contributed by atoms with van der Waals surface area (Å²) < 4.78 is 0. The standard InChI is InChI=1S/C16H27N3O/c1-12(2)15(9-17)10-18-16-7-5-6-14(8-16)11-19(4)13(3)20/h5-8,12,15,18H,9-11,17H2,1-4H3. The quantitative estimate of drug-likeness (QED) is 0.804. The van der Waals surface area contributed by atoms with E-state index in [0.717, 1.165) is 17.8 Å². The van der Waals surface area contributed by atoms with Crippen LogP contribution in [0.3, 0.4) is 0 Å². The number of nitrogens with one attached hydrogen (secondary N) is 1. The monoisotopic (exact) mass is 277 g/mol. The third-order valence-corrected chi connectivity index (χ3v) is 3.70. The van der Waals surface area contributed by atoms with Gasteiger partial charge in [-0.25, -0.2) is 0 Å². The first-order valence-corrected chi connectivity index (χ1v) is 7.18. The van der Waals surface area contributed by atoms with Crippen LogP contribution in [-0.2, 0) is 11.3 Å². The Morgan fingerprint density at radius 3 is 2.65 bits per heavy atom. The second-order valence-electron chi connectivity index (χ2n) is 5.70. The highest BCUT2D eigenvalue weighted by atomic mass is 16.2. The summed E-state index contributed by atoms with van der Waals surface area (Å²) in [6, 6.07) is 8.18. The summed E-state index contributed by atoms with van der Waals surface area (Å²) in [5.74, 6) is 1.12. The molecule has 0 bridgehead atoms. The van der Waals surface area contributed by atoms with E-state index in [1.54, 1.807) is 11.8 Å². The van der Waals surface area contributed by atoms with E-state index in [2.05, 4.69) is 25.2 Å². The van der Waals surface area contributed by atoms with Crippen molar-refractivity contribution in [2.45, 2.75) is 27.3 Å². The fourth-order valence-electron chi connectivity index (χ4n) is 2.00. The molecule has 4 heteroatoms. The van der Waals surface area contributed by atoms with Crippen LogP contribution in [0.4, 0.5) is 5.69 Å². The number of hydrogen-bond acceptors (Lipinski definition) is 3. The van der Waals surface area contributed by atoms with E-state index in [1.807, 2.05) is 25.2 Å². The van der Waals surface area contributed by atoms with Crippen LogP contribution >= 0.6 is 0 Å². The minimum absolute atomic E-state index is 0.0753. The molecule has 0 aliphatic heterocycles. The van der Waals surface area contributed by atoms with Gasteiger partial charge in [0.15, 0.2) is 0 Å². The van der Waals surface area contributed by atoms with Crippen molar-refractivity contribution in [3.8, 4) is 0 Å². The molecule has 0 saturated heterocycles. The van der Waals surface area contributed by atoms with Crippen molar-refractivity contribution in [1.29, 1.82) is 0 Å². The molecular formula is C16H27N3O. The second kappa shape index (κ2) is 7.90. The molecule has 0 spiro atoms. The van der Waals surface area contributed by atoms with Gasteiger partial charge in [-0.15, -0.1) is 0 Å². The lowest BCUT2D eigenvalue weighted by Crippen LogP contribution is -2.27. The molecule has 0 radical (unpaired) electrons. The van der Waals surface area contributed by atoms with Crippen molar-refractivity contribution in [1.82, 2.24) is 4.90 Å². The SMILES string of the molecule is CC(=O)N(C)Cc1cccc(NCC(CN)C(C)C)c1. The molecule has 20 heavy (non-hydrogen) atoms. The zero-order chi connectivity index (χ0) is 15.1. The Labute approximate surface area is 122 Å². The molecule has 1 aromatic rings. The molecule has 1 aromatic carbocycles. The highest BCUT2D eigenvalue weighted by molar-refractivity contribution is 5.72. The molecular weight excluding hydrogens is 250 g/mol. The van der Waals surface area contributed by atoms with Gasteiger partial charge in [-0.1, -0.05) is 26.0 Å². The minimum Gasteiger partial charge on any atom is -0.385 e. The van der Waals surface area contributed by atoms with Gasteiger partial charge in [0.2, 0.25) is 5.91 Å². The molecule has 1 atom stereocenters. The third-order valence-electron chi connectivity index (χ3n) is 3.70. The van der Waals surface area contributed by atoms with Gasteiger partial charge in [0.25, 0.3) is 0 Å². The molecule has 0 saturated carbocycles. The number of carbonyl (C=O) groups excluding carboxylic acids is 1. The van der Waals surface area contributed by atoms with E-state index in [4.69, 9.17) is 5.73 Å². The molecule has 0 aliphatic carbocycles. The van der Waals surface area contributed by atoms with Crippen LogP contribution in [0.2, 0.25) is 0 Å². The van der Waals surface area contributed by atoms with Crippen molar-refractivity contribution in [2.24, 2.45) is 17.6 Å². The Balaban J connectivity index is 2.61. The van der Waals surface area contributed by atoms with Crippen molar-refractivity contribution in [3.63, 3.8) is 0 Å². The maximum Gasteiger partial charge on any atom is 0.219 e. The first-order chi connectivity index (χ1) is 9.43. The number of rotatable bonds is 7. The Kier molecular flexibility index (Phi) is 6.52. The van der Waals surface area contributed by atoms with E-state index in [1.165, 1.54) is 0 Å². The maximum absolute atomic E-state index is 11.3. The predicted molar refractivity (Wildman–Crippen MR) is 84.5 cm³/mol. The summed E-state index contributed by atoms with van der Waals surface area (Å²) in [7, 11) is 1.81. The van der Waals surface area contributed by atoms with Crippen molar-refractivity contribution in [3.05, 3.63) is 29.8 Å². The smallest absolute Gasteiger partial charge is 0.219 e. The van der Waals surface area contributed by atoms with E-state index >= 15 is 0 Å². The van der Waals surface area contributed by atoms with Crippen LogP contribution in [0.25, 0.3) is 0 Å². The van der Waals surface area contributed by atoms with Gasteiger partial charge in [0.05, 0.1) is 0 Å². The molecule has 3 N–H and O–H groups in total. The minimum atomic E-state index is 0.0753. The Bertz CT molecular complexity index is 431. The van der Waals surface area contributed by atoms with Crippen molar-refractivity contribution in [2.75, 3.05) is 25.5 Å². The topological polar surface area (TPSA) is 58.4 Å². The Morgan fingerprint density at radius 2 is 2.10 bits per heavy atom. The molecule has 1 amide bonds. The third kappa shape index (κ3) is 5.21. The maximum atomic E-state index is 11.3. The number of anilines is 1. The van der Waals surface area contributed by atoms with Crippen LogP contribution in [0.15, 0.2) is 24.3 Å². The van der Waals surface area contributed by atoms with Crippen LogP contribution in [0.5, 0.6) is 0 Å². The van der Waals surface area contributed by atoms with Crippen LogP contribution < -0.4 is 11.1 Å². The van der Waals surface area contributed by atoms with E-state index in [-0.39, 0.29) is 5.91 Å². The first kappa shape index (κ1) is 16.5. The van der Waals surface area contributed by atoms with Gasteiger partial charge in [-0.2, -0.15) is 0 Å². The number of amides is 1. The van der Waals surface area contributed by atoms with Gasteiger partial charge in [0, 0.05) is 32.7 Å². The Morgan fingerprint density at radius 1 is 1.40 bits per heavy atom. The van der Waals surface area contributed by atoms with Gasteiger partial charge in [-0.3, -0.25) is 4.79 Å². The highest BCUT2D eigenvalue weighted by Gasteiger charge is 2.11. The number of nitrogens with zero attached hydrogens (tertiary/aromatic N) is 1. The summed E-state index contributed by atoms with van der Waals surface area (Å²) in [4.78, 5) is 13.0. The molecule has 112 valence electrons. The average Bonchev–Trinajstić information content (AvgIpc) is 2.39. The summed E-state index contributed by atoms with van der Waals surface area (Å²) in [6.45, 7) is 8.17. The van der Waals surface area contributed by atoms with E-state index < -0.39 is 0 Å². The fraction of sp³-hybridized carbons (Fsp3) is 0.562. The summed E-state index contributed by atoms with van der Waals surface area (Å²) in [5, 5.41) is 3.44. The molecule has 0 fully saturated rings. The lowest BCUT2D eigenvalue weighted by atomic mass is 9.96. The van der Waals surface area contributed by atoms with Gasteiger partial charge in [-0.05, 0) is 36.1 Å². The van der Waals surface area contributed by atoms with E-state index in [0.29, 0.717) is 24.9 Å². The van der Waals surface area contributed by atoms with Gasteiger partial charge < -0.3 is 16.0 Å². The molecule has 1 rings (SSSR count). The zero-order valence-electron chi connectivity index (χ0n) is 13.0. The molecule has 0 heterocycles. The van der Waals surface area contributed by atoms with Crippen LogP contribution in [0, 0.1) is 11.8 Å². The van der Waals surface area contributed by atoms with Crippen molar-refractivity contribution >= 4 is 11.6 Å². The summed E-state index contributed by atoms with van der Waals surface area (Å²) >= 11 is 0. The average molecular weight is 277 g/mol. The fourth-order valence-corrected chi connectivity index (χ4v) is 2.00.